The molecule has 6 rings (SSSR count). The van der Waals surface area contributed by atoms with Crippen LogP contribution in [-0.4, -0.2) is 25.5 Å². The zero-order valence-electron chi connectivity index (χ0n) is 19.6. The zero-order chi connectivity index (χ0) is 25.7. The number of aryl methyl sites for hydroxylation is 1. The number of aromatic nitrogens is 3. The fraction of sp³-hybridized carbons (Fsp3) is 0.0357. The minimum Gasteiger partial charge on any atom is -0.432 e. The average Bonchev–Trinajstić information content (AvgIpc) is 3.44. The summed E-state index contributed by atoms with van der Waals surface area (Å²) in [6.07, 6.45) is 0. The number of non-ortho nitro benzene ring substituents is 1. The number of nitro groups is 1. The Labute approximate surface area is 209 Å². The summed E-state index contributed by atoms with van der Waals surface area (Å²) in [4.78, 5) is 28.9. The number of hydrogen-bond acceptors (Lipinski definition) is 7. The van der Waals surface area contributed by atoms with Crippen LogP contribution in [0.5, 0.6) is 0 Å². The van der Waals surface area contributed by atoms with E-state index in [1.165, 1.54) is 12.1 Å². The highest BCUT2D eigenvalue weighted by Gasteiger charge is 2.27. The van der Waals surface area contributed by atoms with Crippen LogP contribution in [0.25, 0.3) is 38.9 Å². The molecule has 3 heterocycles. The summed E-state index contributed by atoms with van der Waals surface area (Å²) in [5.41, 5.74) is 10.6. The number of nitrogen functional groups attached to an aromatic ring is 1. The van der Waals surface area contributed by atoms with Crippen molar-refractivity contribution in [3.05, 3.63) is 112 Å². The quantitative estimate of drug-likeness (QED) is 0.182. The second-order valence-corrected chi connectivity index (χ2v) is 8.54. The van der Waals surface area contributed by atoms with E-state index in [1.54, 1.807) is 41.1 Å². The summed E-state index contributed by atoms with van der Waals surface area (Å²) in [6, 6.07) is 24.4. The molecule has 9 heteroatoms. The van der Waals surface area contributed by atoms with Crippen LogP contribution in [0.15, 0.2) is 89.3 Å². The zero-order valence-corrected chi connectivity index (χ0v) is 19.6. The van der Waals surface area contributed by atoms with Crippen LogP contribution < -0.4 is 5.73 Å². The topological polar surface area (TPSA) is 130 Å². The van der Waals surface area contributed by atoms with Gasteiger partial charge in [0.25, 0.3) is 5.69 Å². The summed E-state index contributed by atoms with van der Waals surface area (Å²) >= 11 is 0. The maximum atomic E-state index is 13.3. The lowest BCUT2D eigenvalue weighted by molar-refractivity contribution is -0.384. The van der Waals surface area contributed by atoms with E-state index >= 15 is 0 Å². The highest BCUT2D eigenvalue weighted by molar-refractivity contribution is 6.19. The van der Waals surface area contributed by atoms with Crippen LogP contribution in [0.1, 0.15) is 21.8 Å². The minimum atomic E-state index is -0.455. The second-order valence-electron chi connectivity index (χ2n) is 8.54. The molecular weight excluding hydrogens is 470 g/mol. The molecule has 6 aromatic rings. The van der Waals surface area contributed by atoms with Gasteiger partial charge >= 0.3 is 0 Å². The fourth-order valence-electron chi connectivity index (χ4n) is 4.56. The Balaban J connectivity index is 1.69. The van der Waals surface area contributed by atoms with E-state index in [-0.39, 0.29) is 28.6 Å². The molecule has 9 nitrogen and oxygen atoms in total. The number of hydrogen-bond donors (Lipinski definition) is 1. The first-order valence-electron chi connectivity index (χ1n) is 11.5. The lowest BCUT2D eigenvalue weighted by atomic mass is 9.97. The van der Waals surface area contributed by atoms with E-state index in [4.69, 9.17) is 20.2 Å². The van der Waals surface area contributed by atoms with Crippen molar-refractivity contribution in [2.75, 3.05) is 5.73 Å². The van der Waals surface area contributed by atoms with Crippen LogP contribution in [-0.2, 0) is 0 Å². The monoisotopic (exact) mass is 489 g/mol. The summed E-state index contributed by atoms with van der Waals surface area (Å²) in [5.74, 6) is -0.377. The molecule has 0 saturated carbocycles. The first kappa shape index (κ1) is 22.2. The number of anilines is 1. The molecule has 0 saturated heterocycles. The lowest BCUT2D eigenvalue weighted by Gasteiger charge is -2.08. The highest BCUT2D eigenvalue weighted by atomic mass is 16.6. The largest absolute Gasteiger partial charge is 0.432 e. The van der Waals surface area contributed by atoms with Gasteiger partial charge in [0.15, 0.2) is 5.65 Å². The number of carbonyl (C=O) groups is 1. The molecule has 0 amide bonds. The third-order valence-corrected chi connectivity index (χ3v) is 6.28. The van der Waals surface area contributed by atoms with Crippen LogP contribution in [0.4, 0.5) is 11.4 Å². The van der Waals surface area contributed by atoms with Crippen LogP contribution in [0, 0.1) is 17.0 Å². The van der Waals surface area contributed by atoms with Gasteiger partial charge in [-0.3, -0.25) is 14.9 Å². The van der Waals surface area contributed by atoms with Crippen LogP contribution in [0.3, 0.4) is 0 Å². The van der Waals surface area contributed by atoms with Crippen molar-refractivity contribution < 1.29 is 14.1 Å². The van der Waals surface area contributed by atoms with Crippen molar-refractivity contribution in [2.45, 2.75) is 6.92 Å². The minimum absolute atomic E-state index is 0.0126. The number of fused-ring (bicyclic) bond motifs is 2. The third kappa shape index (κ3) is 3.52. The van der Waals surface area contributed by atoms with Crippen LogP contribution in [0.2, 0.25) is 0 Å². The maximum Gasteiger partial charge on any atom is 0.269 e. The number of nitro benzene ring substituents is 1. The molecule has 2 N–H and O–H groups in total. The first-order valence-corrected chi connectivity index (χ1v) is 11.5. The van der Waals surface area contributed by atoms with Crippen molar-refractivity contribution in [3.63, 3.8) is 0 Å². The molecule has 0 aliphatic rings. The molecule has 3 aromatic carbocycles. The Kier molecular flexibility index (Phi) is 5.04. The van der Waals surface area contributed by atoms with Gasteiger partial charge in [0.2, 0.25) is 17.3 Å². The fourth-order valence-corrected chi connectivity index (χ4v) is 4.56. The number of para-hydroxylation sites is 1. The second kappa shape index (κ2) is 8.42. The van der Waals surface area contributed by atoms with Gasteiger partial charge in [-0.2, -0.15) is 10.1 Å². The Morgan fingerprint density at radius 2 is 1.59 bits per heavy atom. The SMILES string of the molecule is Cc1nn(-c2ccccc2)c2nc3oc(C(=O)c4ccccc4)c(N)c3c(-c3ccc([N+](=O)[O-])cc3)c12. The molecule has 0 aliphatic carbocycles. The molecule has 0 atom stereocenters. The Hall–Kier alpha value is -5.31. The standard InChI is InChI=1S/C28H19N5O4/c1-16-21-22(17-12-14-20(15-13-17)33(35)36)23-24(29)26(25(34)18-8-4-2-5-9-18)37-28(23)30-27(21)32(31-16)19-10-6-3-7-11-19/h2-15H,29H2,1H3. The number of rotatable bonds is 5. The molecule has 37 heavy (non-hydrogen) atoms. The van der Waals surface area contributed by atoms with E-state index in [2.05, 4.69) is 0 Å². The van der Waals surface area contributed by atoms with E-state index in [0.717, 1.165) is 5.69 Å². The van der Waals surface area contributed by atoms with Gasteiger partial charge in [-0.15, -0.1) is 0 Å². The van der Waals surface area contributed by atoms with Gasteiger partial charge in [-0.1, -0.05) is 48.5 Å². The van der Waals surface area contributed by atoms with Crippen molar-refractivity contribution in [1.29, 1.82) is 0 Å². The maximum absolute atomic E-state index is 13.3. The van der Waals surface area contributed by atoms with E-state index in [9.17, 15) is 14.9 Å². The van der Waals surface area contributed by atoms with Crippen molar-refractivity contribution >= 4 is 39.3 Å². The van der Waals surface area contributed by atoms with Gasteiger partial charge < -0.3 is 10.2 Å². The van der Waals surface area contributed by atoms with Crippen molar-refractivity contribution in [3.8, 4) is 16.8 Å². The molecular formula is C28H19N5O4. The van der Waals surface area contributed by atoms with Gasteiger partial charge in [0.1, 0.15) is 0 Å². The van der Waals surface area contributed by atoms with Gasteiger partial charge in [-0.05, 0) is 36.8 Å². The summed E-state index contributed by atoms with van der Waals surface area (Å²) in [7, 11) is 0. The number of pyridine rings is 1. The summed E-state index contributed by atoms with van der Waals surface area (Å²) in [6.45, 7) is 1.86. The highest BCUT2D eigenvalue weighted by Crippen LogP contribution is 2.42. The van der Waals surface area contributed by atoms with E-state index in [0.29, 0.717) is 38.8 Å². The van der Waals surface area contributed by atoms with Crippen molar-refractivity contribution in [1.82, 2.24) is 14.8 Å². The van der Waals surface area contributed by atoms with E-state index in [1.807, 2.05) is 43.3 Å². The van der Waals surface area contributed by atoms with Gasteiger partial charge in [-0.25, -0.2) is 4.68 Å². The first-order chi connectivity index (χ1) is 17.9. The Morgan fingerprint density at radius 1 is 0.946 bits per heavy atom. The molecule has 0 spiro atoms. The molecule has 0 fully saturated rings. The number of nitrogens with two attached hydrogens (primary N) is 1. The number of carbonyl (C=O) groups excluding carboxylic acids is 1. The number of furan rings is 1. The lowest BCUT2D eigenvalue weighted by Crippen LogP contribution is -2.02. The normalized spacial score (nSPS) is 11.3. The molecule has 0 unspecified atom stereocenters. The summed E-state index contributed by atoms with van der Waals surface area (Å²) in [5, 5.41) is 17.2. The predicted octanol–water partition coefficient (Wildman–Crippen LogP) is 5.86. The average molecular weight is 489 g/mol. The van der Waals surface area contributed by atoms with Crippen molar-refractivity contribution in [2.24, 2.45) is 0 Å². The number of nitrogens with zero attached hydrogens (tertiary/aromatic N) is 4. The Morgan fingerprint density at radius 3 is 2.24 bits per heavy atom. The molecule has 0 radical (unpaired) electrons. The summed E-state index contributed by atoms with van der Waals surface area (Å²) < 4.78 is 7.72. The smallest absolute Gasteiger partial charge is 0.269 e. The molecule has 0 bridgehead atoms. The molecule has 180 valence electrons. The Bertz CT molecular complexity index is 1820. The van der Waals surface area contributed by atoms with Gasteiger partial charge in [0, 0.05) is 23.3 Å². The predicted molar refractivity (Wildman–Crippen MR) is 140 cm³/mol. The van der Waals surface area contributed by atoms with E-state index < -0.39 is 4.92 Å². The molecule has 3 aromatic heterocycles. The number of benzene rings is 3. The third-order valence-electron chi connectivity index (χ3n) is 6.28. The molecule has 0 aliphatic heterocycles. The number of ketones is 1. The van der Waals surface area contributed by atoms with Crippen LogP contribution >= 0.6 is 0 Å². The van der Waals surface area contributed by atoms with Gasteiger partial charge in [0.05, 0.1) is 32.8 Å².